The summed E-state index contributed by atoms with van der Waals surface area (Å²) in [7, 11) is -3.67. The molecular formula is C22H26N2O4S2. The Morgan fingerprint density at radius 3 is 2.43 bits per heavy atom. The molecule has 8 heteroatoms. The van der Waals surface area contributed by atoms with Crippen molar-refractivity contribution in [3.8, 4) is 0 Å². The van der Waals surface area contributed by atoms with Crippen LogP contribution in [0.1, 0.15) is 36.5 Å². The van der Waals surface area contributed by atoms with Crippen LogP contribution < -0.4 is 10.6 Å². The second-order valence-electron chi connectivity index (χ2n) is 7.55. The van der Waals surface area contributed by atoms with Crippen LogP contribution in [0.2, 0.25) is 0 Å². The lowest BCUT2D eigenvalue weighted by molar-refractivity contribution is -0.116. The summed E-state index contributed by atoms with van der Waals surface area (Å²) >= 11 is 1.44. The van der Waals surface area contributed by atoms with Crippen LogP contribution in [0, 0.1) is 20.8 Å². The van der Waals surface area contributed by atoms with Crippen LogP contribution in [0.25, 0.3) is 0 Å². The molecule has 0 spiro atoms. The van der Waals surface area contributed by atoms with E-state index < -0.39 is 9.84 Å². The van der Waals surface area contributed by atoms with E-state index in [0.29, 0.717) is 12.1 Å². The summed E-state index contributed by atoms with van der Waals surface area (Å²) in [6, 6.07) is 8.68. The van der Waals surface area contributed by atoms with Crippen molar-refractivity contribution in [1.82, 2.24) is 0 Å². The van der Waals surface area contributed by atoms with Crippen molar-refractivity contribution in [2.75, 3.05) is 16.4 Å². The van der Waals surface area contributed by atoms with E-state index in [1.165, 1.54) is 23.9 Å². The fourth-order valence-corrected chi connectivity index (χ4v) is 5.80. The van der Waals surface area contributed by atoms with Crippen LogP contribution in [0.15, 0.2) is 40.1 Å². The van der Waals surface area contributed by atoms with Gasteiger partial charge in [0.2, 0.25) is 11.8 Å². The van der Waals surface area contributed by atoms with Gasteiger partial charge in [-0.3, -0.25) is 9.59 Å². The third kappa shape index (κ3) is 4.87. The molecule has 0 saturated carbocycles. The molecular weight excluding hydrogens is 420 g/mol. The minimum Gasteiger partial charge on any atom is -0.326 e. The molecule has 2 amide bonds. The summed E-state index contributed by atoms with van der Waals surface area (Å²) in [4.78, 5) is 25.4. The van der Waals surface area contributed by atoms with Crippen LogP contribution in [0.5, 0.6) is 0 Å². The summed E-state index contributed by atoms with van der Waals surface area (Å²) in [6.07, 6.45) is 0.552. The molecule has 0 fully saturated rings. The summed E-state index contributed by atoms with van der Waals surface area (Å²) in [6.45, 7) is 7.75. The number of rotatable bonds is 6. The molecule has 2 N–H and O–H groups in total. The Labute approximate surface area is 181 Å². The highest BCUT2D eigenvalue weighted by Gasteiger charge is 2.27. The topological polar surface area (TPSA) is 92.3 Å². The Kier molecular flexibility index (Phi) is 6.57. The Bertz CT molecular complexity index is 1090. The van der Waals surface area contributed by atoms with Crippen LogP contribution in [0.3, 0.4) is 0 Å². The number of carbonyl (C=O) groups is 2. The van der Waals surface area contributed by atoms with Gasteiger partial charge in [-0.15, -0.1) is 11.8 Å². The Balaban J connectivity index is 1.69. The molecule has 2 aromatic carbocycles. The lowest BCUT2D eigenvalue weighted by Crippen LogP contribution is -2.28. The summed E-state index contributed by atoms with van der Waals surface area (Å²) in [5.41, 5.74) is 4.22. The predicted octanol–water partition coefficient (Wildman–Crippen LogP) is 4.24. The molecule has 1 aliphatic rings. The largest absolute Gasteiger partial charge is 0.326 e. The molecule has 6 nitrogen and oxygen atoms in total. The molecule has 0 aliphatic carbocycles. The Morgan fingerprint density at radius 2 is 1.80 bits per heavy atom. The minimum atomic E-state index is -3.67. The van der Waals surface area contributed by atoms with E-state index in [1.54, 1.807) is 6.07 Å². The van der Waals surface area contributed by atoms with Crippen LogP contribution >= 0.6 is 11.8 Å². The average molecular weight is 447 g/mol. The first kappa shape index (κ1) is 22.4. The van der Waals surface area contributed by atoms with Crippen molar-refractivity contribution in [2.45, 2.75) is 55.6 Å². The molecule has 0 saturated heterocycles. The van der Waals surface area contributed by atoms with E-state index in [0.717, 1.165) is 27.3 Å². The molecule has 30 heavy (non-hydrogen) atoms. The number of anilines is 2. The van der Waals surface area contributed by atoms with Gasteiger partial charge in [-0.25, -0.2) is 8.42 Å². The fraction of sp³-hybridized carbons (Fsp3) is 0.364. The van der Waals surface area contributed by atoms with Gasteiger partial charge in [0.1, 0.15) is 0 Å². The van der Waals surface area contributed by atoms with Crippen molar-refractivity contribution in [1.29, 1.82) is 0 Å². The second-order valence-corrected chi connectivity index (χ2v) is 10.9. The maximum Gasteiger partial charge on any atom is 0.237 e. The van der Waals surface area contributed by atoms with Gasteiger partial charge >= 0.3 is 0 Å². The molecule has 160 valence electrons. The predicted molar refractivity (Wildman–Crippen MR) is 121 cm³/mol. The minimum absolute atomic E-state index is 0.104. The smallest absolute Gasteiger partial charge is 0.237 e. The van der Waals surface area contributed by atoms with Gasteiger partial charge in [0.15, 0.2) is 9.84 Å². The van der Waals surface area contributed by atoms with Crippen LogP contribution in [-0.2, 0) is 19.4 Å². The number of thioether (sulfide) groups is 1. The fourth-order valence-electron chi connectivity index (χ4n) is 3.52. The molecule has 0 bridgehead atoms. The SMILES string of the molecule is CC[C@H]1Sc2ccc(S(=O)(=O)CCC(=O)Nc3c(C)cc(C)cc3C)cc2NC1=O. The number of hydrogen-bond acceptors (Lipinski definition) is 5. The van der Waals surface area contributed by atoms with Crippen molar-refractivity contribution < 1.29 is 18.0 Å². The summed E-state index contributed by atoms with van der Waals surface area (Å²) in [5.74, 6) is -0.769. The van der Waals surface area contributed by atoms with Gasteiger partial charge < -0.3 is 10.6 Å². The number of nitrogens with one attached hydrogen (secondary N) is 2. The van der Waals surface area contributed by atoms with Crippen molar-refractivity contribution in [3.05, 3.63) is 47.0 Å². The second kappa shape index (κ2) is 8.81. The highest BCUT2D eigenvalue weighted by molar-refractivity contribution is 8.01. The highest BCUT2D eigenvalue weighted by atomic mass is 32.2. The first-order valence-electron chi connectivity index (χ1n) is 9.82. The van der Waals surface area contributed by atoms with Gasteiger partial charge in [-0.1, -0.05) is 24.6 Å². The van der Waals surface area contributed by atoms with E-state index in [-0.39, 0.29) is 34.1 Å². The number of benzene rings is 2. The average Bonchev–Trinajstić information content (AvgIpc) is 2.68. The Morgan fingerprint density at radius 1 is 1.13 bits per heavy atom. The highest BCUT2D eigenvalue weighted by Crippen LogP contribution is 2.38. The van der Waals surface area contributed by atoms with E-state index >= 15 is 0 Å². The third-order valence-corrected chi connectivity index (χ3v) is 8.20. The number of carbonyl (C=O) groups excluding carboxylic acids is 2. The molecule has 0 unspecified atom stereocenters. The third-order valence-electron chi connectivity index (χ3n) is 5.04. The lowest BCUT2D eigenvalue weighted by Gasteiger charge is -2.23. The molecule has 0 aromatic heterocycles. The van der Waals surface area contributed by atoms with Crippen LogP contribution in [-0.4, -0.2) is 31.2 Å². The molecule has 0 radical (unpaired) electrons. The number of amides is 2. The lowest BCUT2D eigenvalue weighted by atomic mass is 10.1. The molecule has 2 aromatic rings. The van der Waals surface area contributed by atoms with E-state index in [4.69, 9.17) is 0 Å². The normalized spacial score (nSPS) is 16.0. The number of fused-ring (bicyclic) bond motifs is 1. The zero-order chi connectivity index (χ0) is 22.1. The molecule has 3 rings (SSSR count). The first-order valence-corrected chi connectivity index (χ1v) is 12.4. The molecule has 1 aliphatic heterocycles. The van der Waals surface area contributed by atoms with Crippen LogP contribution in [0.4, 0.5) is 11.4 Å². The van der Waals surface area contributed by atoms with Gasteiger partial charge in [0, 0.05) is 17.0 Å². The zero-order valence-electron chi connectivity index (χ0n) is 17.5. The number of hydrogen-bond donors (Lipinski definition) is 2. The maximum atomic E-state index is 12.8. The van der Waals surface area contributed by atoms with Crippen molar-refractivity contribution in [2.24, 2.45) is 0 Å². The Hall–Kier alpha value is -2.32. The number of sulfone groups is 1. The van der Waals surface area contributed by atoms with Gasteiger partial charge in [0.05, 0.1) is 21.6 Å². The quantitative estimate of drug-likeness (QED) is 0.692. The van der Waals surface area contributed by atoms with E-state index in [1.807, 2.05) is 39.8 Å². The van der Waals surface area contributed by atoms with E-state index in [2.05, 4.69) is 10.6 Å². The van der Waals surface area contributed by atoms with Gasteiger partial charge in [-0.2, -0.15) is 0 Å². The maximum absolute atomic E-state index is 12.8. The summed E-state index contributed by atoms with van der Waals surface area (Å²) < 4.78 is 25.5. The van der Waals surface area contributed by atoms with Gasteiger partial charge in [0.25, 0.3) is 0 Å². The zero-order valence-corrected chi connectivity index (χ0v) is 19.2. The van der Waals surface area contributed by atoms with E-state index in [9.17, 15) is 18.0 Å². The molecule has 1 atom stereocenters. The van der Waals surface area contributed by atoms with Gasteiger partial charge in [-0.05, 0) is 56.5 Å². The number of aryl methyl sites for hydroxylation is 3. The van der Waals surface area contributed by atoms with Crippen molar-refractivity contribution in [3.63, 3.8) is 0 Å². The monoisotopic (exact) mass is 446 g/mol. The summed E-state index contributed by atoms with van der Waals surface area (Å²) in [5, 5.41) is 5.45. The standard InChI is InChI=1S/C22H26N2O4S2/c1-5-18-22(26)23-17-12-16(6-7-19(17)29-18)30(27,28)9-8-20(25)24-21-14(3)10-13(2)11-15(21)4/h6-7,10-12,18H,5,8-9H2,1-4H3,(H,23,26)(H,24,25)/t18-/m1/s1. The van der Waals surface area contributed by atoms with Crippen molar-refractivity contribution >= 4 is 44.8 Å². The molecule has 1 heterocycles. The first-order chi connectivity index (χ1) is 14.1.